The van der Waals surface area contributed by atoms with Gasteiger partial charge in [0, 0.05) is 13.2 Å². The fraction of sp³-hybridized carbons (Fsp3) is 0.500. The molecule has 1 rings (SSSR count). The number of unbranched alkanes of at least 4 members (excludes halogenated alkanes) is 1. The van der Waals surface area contributed by atoms with Gasteiger partial charge in [-0.2, -0.15) is 0 Å². The number of aliphatic hydroxyl groups excluding tert-OH is 1. The number of rotatable bonds is 8. The molecule has 0 saturated heterocycles. The number of methoxy groups -OCH3 is 3. The summed E-state index contributed by atoms with van der Waals surface area (Å²) in [6.45, 7) is 0.618. The van der Waals surface area contributed by atoms with Crippen LogP contribution in [0.25, 0.3) is 0 Å². The second-order valence-corrected chi connectivity index (χ2v) is 4.07. The Kier molecular flexibility index (Phi) is 6.66. The average molecular weight is 283 g/mol. The van der Waals surface area contributed by atoms with Gasteiger partial charge in [0.15, 0.2) is 11.5 Å². The van der Waals surface area contributed by atoms with Crippen LogP contribution in [0.3, 0.4) is 0 Å². The van der Waals surface area contributed by atoms with Crippen molar-refractivity contribution in [1.82, 2.24) is 5.32 Å². The molecule has 20 heavy (non-hydrogen) atoms. The molecule has 0 aliphatic heterocycles. The minimum absolute atomic E-state index is 0.121. The lowest BCUT2D eigenvalue weighted by Crippen LogP contribution is -2.25. The van der Waals surface area contributed by atoms with E-state index < -0.39 is 0 Å². The van der Waals surface area contributed by atoms with E-state index in [1.165, 1.54) is 21.3 Å². The average Bonchev–Trinajstić information content (AvgIpc) is 2.49. The van der Waals surface area contributed by atoms with Gasteiger partial charge in [0.05, 0.1) is 26.9 Å². The first-order valence-corrected chi connectivity index (χ1v) is 6.37. The lowest BCUT2D eigenvalue weighted by molar-refractivity contribution is 0.0948. The first-order valence-electron chi connectivity index (χ1n) is 6.37. The molecular formula is C14H21NO5. The van der Waals surface area contributed by atoms with E-state index in [4.69, 9.17) is 19.3 Å². The summed E-state index contributed by atoms with van der Waals surface area (Å²) in [6.07, 6.45) is 1.38. The lowest BCUT2D eigenvalue weighted by Gasteiger charge is -2.15. The SMILES string of the molecule is COc1ccc(C(=O)NCCCCO)c(OC)c1OC. The fourth-order valence-corrected chi connectivity index (χ4v) is 1.81. The maximum Gasteiger partial charge on any atom is 0.255 e. The summed E-state index contributed by atoms with van der Waals surface area (Å²) in [4.78, 5) is 12.1. The van der Waals surface area contributed by atoms with E-state index in [1.807, 2.05) is 0 Å². The van der Waals surface area contributed by atoms with Crippen LogP contribution in [0.1, 0.15) is 23.2 Å². The maximum absolute atomic E-state index is 12.1. The molecule has 0 heterocycles. The van der Waals surface area contributed by atoms with E-state index in [1.54, 1.807) is 12.1 Å². The van der Waals surface area contributed by atoms with Gasteiger partial charge in [-0.1, -0.05) is 0 Å². The highest BCUT2D eigenvalue weighted by Gasteiger charge is 2.20. The van der Waals surface area contributed by atoms with Crippen molar-refractivity contribution in [2.45, 2.75) is 12.8 Å². The monoisotopic (exact) mass is 283 g/mol. The van der Waals surface area contributed by atoms with E-state index >= 15 is 0 Å². The molecule has 0 unspecified atom stereocenters. The van der Waals surface area contributed by atoms with Crippen molar-refractivity contribution in [2.24, 2.45) is 0 Å². The van der Waals surface area contributed by atoms with E-state index in [2.05, 4.69) is 5.32 Å². The molecule has 1 aromatic rings. The second kappa shape index (κ2) is 8.27. The Hall–Kier alpha value is -1.95. The number of carbonyl (C=O) groups excluding carboxylic acids is 1. The number of hydrogen-bond acceptors (Lipinski definition) is 5. The second-order valence-electron chi connectivity index (χ2n) is 4.07. The van der Waals surface area contributed by atoms with Crippen molar-refractivity contribution in [1.29, 1.82) is 0 Å². The molecule has 0 atom stereocenters. The van der Waals surface area contributed by atoms with Gasteiger partial charge in [-0.3, -0.25) is 4.79 Å². The van der Waals surface area contributed by atoms with Crippen LogP contribution in [0.15, 0.2) is 12.1 Å². The summed E-state index contributed by atoms with van der Waals surface area (Å²) in [5.74, 6) is 0.978. The topological polar surface area (TPSA) is 77.0 Å². The third kappa shape index (κ3) is 3.77. The number of carbonyl (C=O) groups is 1. The zero-order valence-corrected chi connectivity index (χ0v) is 12.1. The summed E-state index contributed by atoms with van der Waals surface area (Å²) in [5, 5.41) is 11.5. The number of benzene rings is 1. The van der Waals surface area contributed by atoms with E-state index in [9.17, 15) is 4.79 Å². The summed E-state index contributed by atoms with van der Waals surface area (Å²) >= 11 is 0. The zero-order chi connectivity index (χ0) is 15.0. The summed E-state index contributed by atoms with van der Waals surface area (Å²) in [5.41, 5.74) is 0.383. The van der Waals surface area contributed by atoms with Crippen LogP contribution in [0.4, 0.5) is 0 Å². The quantitative estimate of drug-likeness (QED) is 0.701. The van der Waals surface area contributed by atoms with Gasteiger partial charge in [0.2, 0.25) is 5.75 Å². The van der Waals surface area contributed by atoms with Crippen LogP contribution in [0.2, 0.25) is 0 Å². The Labute approximate surface area is 118 Å². The molecule has 1 aromatic carbocycles. The molecule has 0 fully saturated rings. The molecule has 6 heteroatoms. The van der Waals surface area contributed by atoms with Crippen LogP contribution in [0, 0.1) is 0 Å². The summed E-state index contributed by atoms with van der Waals surface area (Å²) < 4.78 is 15.6. The lowest BCUT2D eigenvalue weighted by atomic mass is 10.1. The Morgan fingerprint density at radius 3 is 2.35 bits per heavy atom. The number of ether oxygens (including phenoxy) is 3. The molecular weight excluding hydrogens is 262 g/mol. The fourth-order valence-electron chi connectivity index (χ4n) is 1.81. The van der Waals surface area contributed by atoms with Crippen LogP contribution >= 0.6 is 0 Å². The number of aliphatic hydroxyl groups is 1. The molecule has 0 aromatic heterocycles. The zero-order valence-electron chi connectivity index (χ0n) is 12.1. The predicted molar refractivity (Wildman–Crippen MR) is 74.8 cm³/mol. The first-order chi connectivity index (χ1) is 9.69. The van der Waals surface area contributed by atoms with Gasteiger partial charge < -0.3 is 24.6 Å². The van der Waals surface area contributed by atoms with Gasteiger partial charge in [-0.25, -0.2) is 0 Å². The molecule has 1 amide bonds. The summed E-state index contributed by atoms with van der Waals surface area (Å²) in [7, 11) is 4.48. The van der Waals surface area contributed by atoms with Crippen molar-refractivity contribution in [3.63, 3.8) is 0 Å². The molecule has 0 aliphatic carbocycles. The standard InChI is InChI=1S/C14H21NO5/c1-18-11-7-6-10(12(19-2)13(11)20-3)14(17)15-8-4-5-9-16/h6-7,16H,4-5,8-9H2,1-3H3,(H,15,17). The Morgan fingerprint density at radius 2 is 1.80 bits per heavy atom. The Balaban J connectivity index is 2.91. The van der Waals surface area contributed by atoms with E-state index in [0.29, 0.717) is 35.8 Å². The van der Waals surface area contributed by atoms with E-state index in [-0.39, 0.29) is 12.5 Å². The molecule has 0 spiro atoms. The molecule has 0 bridgehead atoms. The molecule has 2 N–H and O–H groups in total. The smallest absolute Gasteiger partial charge is 0.255 e. The van der Waals surface area contributed by atoms with Crippen LogP contribution in [-0.2, 0) is 0 Å². The minimum atomic E-state index is -0.249. The highest BCUT2D eigenvalue weighted by molar-refractivity contribution is 5.98. The van der Waals surface area contributed by atoms with Crippen LogP contribution < -0.4 is 19.5 Å². The van der Waals surface area contributed by atoms with Crippen molar-refractivity contribution in [2.75, 3.05) is 34.5 Å². The molecule has 0 aliphatic rings. The number of nitrogens with one attached hydrogen (secondary N) is 1. The van der Waals surface area contributed by atoms with Gasteiger partial charge >= 0.3 is 0 Å². The van der Waals surface area contributed by atoms with Gasteiger partial charge in [0.1, 0.15) is 0 Å². The first kappa shape index (κ1) is 16.1. The highest BCUT2D eigenvalue weighted by atomic mass is 16.5. The summed E-state index contributed by atoms with van der Waals surface area (Å²) in [6, 6.07) is 3.28. The Bertz CT molecular complexity index is 447. The molecule has 0 saturated carbocycles. The number of amides is 1. The van der Waals surface area contributed by atoms with Crippen molar-refractivity contribution < 1.29 is 24.1 Å². The van der Waals surface area contributed by atoms with Gasteiger partial charge in [0.25, 0.3) is 5.91 Å². The van der Waals surface area contributed by atoms with Crippen molar-refractivity contribution in [3.8, 4) is 17.2 Å². The van der Waals surface area contributed by atoms with E-state index in [0.717, 1.165) is 6.42 Å². The molecule has 6 nitrogen and oxygen atoms in total. The van der Waals surface area contributed by atoms with Crippen molar-refractivity contribution >= 4 is 5.91 Å². The third-order valence-corrected chi connectivity index (χ3v) is 2.82. The molecule has 0 radical (unpaired) electrons. The largest absolute Gasteiger partial charge is 0.493 e. The van der Waals surface area contributed by atoms with Crippen LogP contribution in [0.5, 0.6) is 17.2 Å². The highest BCUT2D eigenvalue weighted by Crippen LogP contribution is 2.39. The van der Waals surface area contributed by atoms with Gasteiger partial charge in [-0.15, -0.1) is 0 Å². The van der Waals surface area contributed by atoms with Gasteiger partial charge in [-0.05, 0) is 25.0 Å². The molecule has 112 valence electrons. The normalized spacial score (nSPS) is 10.0. The Morgan fingerprint density at radius 1 is 1.10 bits per heavy atom. The maximum atomic E-state index is 12.1. The predicted octanol–water partition coefficient (Wildman–Crippen LogP) is 1.21. The van der Waals surface area contributed by atoms with Crippen LogP contribution in [-0.4, -0.2) is 45.5 Å². The third-order valence-electron chi connectivity index (χ3n) is 2.82. The minimum Gasteiger partial charge on any atom is -0.493 e. The van der Waals surface area contributed by atoms with Crippen molar-refractivity contribution in [3.05, 3.63) is 17.7 Å². The number of hydrogen-bond donors (Lipinski definition) is 2.